The van der Waals surface area contributed by atoms with E-state index in [2.05, 4.69) is 4.98 Å². The van der Waals surface area contributed by atoms with E-state index in [1.165, 1.54) is 0 Å². The lowest BCUT2D eigenvalue weighted by Gasteiger charge is -2.10. The molecule has 0 aliphatic heterocycles. The molecule has 4 heteroatoms. The lowest BCUT2D eigenvalue weighted by molar-refractivity contribution is 0.180. The molecule has 0 aliphatic carbocycles. The molecule has 0 spiro atoms. The molecule has 74 valence electrons. The van der Waals surface area contributed by atoms with E-state index < -0.39 is 6.10 Å². The maximum absolute atomic E-state index is 9.66. The molecule has 0 aromatic carbocycles. The number of aromatic nitrogens is 2. The number of aryl methyl sites for hydroxylation is 1. The van der Waals surface area contributed by atoms with Crippen molar-refractivity contribution in [1.82, 2.24) is 9.38 Å². The molecule has 0 saturated heterocycles. The molecule has 2 aromatic heterocycles. The highest BCUT2D eigenvalue weighted by atomic mass is 16.3. The highest BCUT2D eigenvalue weighted by Crippen LogP contribution is 2.16. The Kier molecular flexibility index (Phi) is 2.23. The van der Waals surface area contributed by atoms with E-state index >= 15 is 0 Å². The summed E-state index contributed by atoms with van der Waals surface area (Å²) in [6, 6.07) is 5.72. The number of pyridine rings is 1. The Hall–Kier alpha value is -1.39. The van der Waals surface area contributed by atoms with Gasteiger partial charge in [0.15, 0.2) is 0 Å². The SMILES string of the molecule is Cc1ncn2c(C(O)CN)cccc12. The molecule has 4 nitrogen and oxygen atoms in total. The molecule has 0 bridgehead atoms. The molecular formula is C10H13N3O. The van der Waals surface area contributed by atoms with Crippen LogP contribution in [0.5, 0.6) is 0 Å². The molecule has 0 aliphatic rings. The van der Waals surface area contributed by atoms with Crippen molar-refractivity contribution in [1.29, 1.82) is 0 Å². The fourth-order valence-corrected chi connectivity index (χ4v) is 1.56. The van der Waals surface area contributed by atoms with Gasteiger partial charge in [0.05, 0.1) is 23.2 Å². The summed E-state index contributed by atoms with van der Waals surface area (Å²) in [5.74, 6) is 0. The fourth-order valence-electron chi connectivity index (χ4n) is 1.56. The third-order valence-corrected chi connectivity index (χ3v) is 2.36. The maximum Gasteiger partial charge on any atom is 0.106 e. The molecule has 3 N–H and O–H groups in total. The molecule has 2 rings (SSSR count). The normalized spacial score (nSPS) is 13.4. The molecule has 0 fully saturated rings. The first kappa shape index (κ1) is 9.18. The summed E-state index contributed by atoms with van der Waals surface area (Å²) in [5.41, 5.74) is 8.17. The van der Waals surface area contributed by atoms with Crippen LogP contribution in [0.15, 0.2) is 24.5 Å². The number of nitrogens with zero attached hydrogens (tertiary/aromatic N) is 2. The van der Waals surface area contributed by atoms with Gasteiger partial charge in [0.25, 0.3) is 0 Å². The summed E-state index contributed by atoms with van der Waals surface area (Å²) >= 11 is 0. The maximum atomic E-state index is 9.66. The van der Waals surface area contributed by atoms with Gasteiger partial charge < -0.3 is 15.2 Å². The highest BCUT2D eigenvalue weighted by molar-refractivity contribution is 5.52. The first-order valence-electron chi connectivity index (χ1n) is 4.54. The van der Waals surface area contributed by atoms with Crippen LogP contribution in [0.1, 0.15) is 17.5 Å². The van der Waals surface area contributed by atoms with Gasteiger partial charge in [0, 0.05) is 6.54 Å². The topological polar surface area (TPSA) is 63.5 Å². The lowest BCUT2D eigenvalue weighted by Crippen LogP contribution is -2.14. The minimum absolute atomic E-state index is 0.219. The third-order valence-electron chi connectivity index (χ3n) is 2.36. The first-order chi connectivity index (χ1) is 6.74. The molecule has 14 heavy (non-hydrogen) atoms. The van der Waals surface area contributed by atoms with E-state index in [1.807, 2.05) is 29.5 Å². The van der Waals surface area contributed by atoms with E-state index in [-0.39, 0.29) is 6.54 Å². The van der Waals surface area contributed by atoms with Gasteiger partial charge in [-0.1, -0.05) is 6.07 Å². The van der Waals surface area contributed by atoms with Crippen LogP contribution >= 0.6 is 0 Å². The number of aliphatic hydroxyl groups excluding tert-OH is 1. The second-order valence-electron chi connectivity index (χ2n) is 3.29. The lowest BCUT2D eigenvalue weighted by atomic mass is 10.2. The minimum Gasteiger partial charge on any atom is -0.386 e. The Labute approximate surface area is 82.0 Å². The molecule has 1 atom stereocenters. The smallest absolute Gasteiger partial charge is 0.106 e. The van der Waals surface area contributed by atoms with Crippen molar-refractivity contribution in [3.63, 3.8) is 0 Å². The Morgan fingerprint density at radius 2 is 2.36 bits per heavy atom. The van der Waals surface area contributed by atoms with Gasteiger partial charge in [-0.3, -0.25) is 0 Å². The second kappa shape index (κ2) is 3.40. The zero-order valence-electron chi connectivity index (χ0n) is 8.01. The zero-order valence-corrected chi connectivity index (χ0v) is 8.01. The summed E-state index contributed by atoms with van der Waals surface area (Å²) in [6.07, 6.45) is 1.08. The van der Waals surface area contributed by atoms with Crippen molar-refractivity contribution in [3.8, 4) is 0 Å². The first-order valence-corrected chi connectivity index (χ1v) is 4.54. The summed E-state index contributed by atoms with van der Waals surface area (Å²) in [6.45, 7) is 2.16. The zero-order chi connectivity index (χ0) is 10.1. The van der Waals surface area contributed by atoms with E-state index in [1.54, 1.807) is 6.33 Å². The van der Waals surface area contributed by atoms with Crippen molar-refractivity contribution >= 4 is 5.52 Å². The van der Waals surface area contributed by atoms with Crippen molar-refractivity contribution in [2.24, 2.45) is 5.73 Å². The van der Waals surface area contributed by atoms with Crippen LogP contribution in [0.3, 0.4) is 0 Å². The van der Waals surface area contributed by atoms with Crippen LogP contribution in [0.2, 0.25) is 0 Å². The Balaban J connectivity index is 2.65. The van der Waals surface area contributed by atoms with Crippen LogP contribution in [0, 0.1) is 6.92 Å². The molecular weight excluding hydrogens is 178 g/mol. The summed E-state index contributed by atoms with van der Waals surface area (Å²) in [7, 11) is 0. The van der Waals surface area contributed by atoms with Crippen molar-refractivity contribution < 1.29 is 5.11 Å². The third kappa shape index (κ3) is 1.29. The van der Waals surface area contributed by atoms with Gasteiger partial charge in [0.2, 0.25) is 0 Å². The molecule has 0 radical (unpaired) electrons. The van der Waals surface area contributed by atoms with Crippen molar-refractivity contribution in [2.75, 3.05) is 6.54 Å². The number of aliphatic hydroxyl groups is 1. The van der Waals surface area contributed by atoms with E-state index in [4.69, 9.17) is 5.73 Å². The predicted molar refractivity (Wildman–Crippen MR) is 53.9 cm³/mol. The van der Waals surface area contributed by atoms with Crippen LogP contribution in [0.4, 0.5) is 0 Å². The Bertz CT molecular complexity index is 450. The quantitative estimate of drug-likeness (QED) is 0.732. The number of imidazole rings is 1. The van der Waals surface area contributed by atoms with E-state index in [0.717, 1.165) is 16.9 Å². The number of hydrogen-bond donors (Lipinski definition) is 2. The van der Waals surface area contributed by atoms with Crippen molar-refractivity contribution in [2.45, 2.75) is 13.0 Å². The fraction of sp³-hybridized carbons (Fsp3) is 0.300. The summed E-state index contributed by atoms with van der Waals surface area (Å²) < 4.78 is 1.87. The Morgan fingerprint density at radius 3 is 3.07 bits per heavy atom. The number of rotatable bonds is 2. The van der Waals surface area contributed by atoms with Crippen LogP contribution in [-0.4, -0.2) is 21.0 Å². The molecule has 0 amide bonds. The highest BCUT2D eigenvalue weighted by Gasteiger charge is 2.10. The predicted octanol–water partition coefficient (Wildman–Crippen LogP) is 0.635. The largest absolute Gasteiger partial charge is 0.386 e. The van der Waals surface area contributed by atoms with Gasteiger partial charge in [-0.15, -0.1) is 0 Å². The summed E-state index contributed by atoms with van der Waals surface area (Å²) in [4.78, 5) is 4.18. The molecule has 1 unspecified atom stereocenters. The van der Waals surface area contributed by atoms with Gasteiger partial charge in [-0.05, 0) is 19.1 Å². The van der Waals surface area contributed by atoms with Gasteiger partial charge >= 0.3 is 0 Å². The van der Waals surface area contributed by atoms with Crippen LogP contribution < -0.4 is 5.73 Å². The standard InChI is InChI=1S/C10H13N3O/c1-7-8-3-2-4-9(10(14)5-11)13(8)6-12-7/h2-4,6,10,14H,5,11H2,1H3. The average Bonchev–Trinajstić information content (AvgIpc) is 2.59. The molecule has 2 heterocycles. The number of fused-ring (bicyclic) bond motifs is 1. The van der Waals surface area contributed by atoms with Gasteiger partial charge in [0.1, 0.15) is 6.10 Å². The van der Waals surface area contributed by atoms with E-state index in [0.29, 0.717) is 0 Å². The monoisotopic (exact) mass is 191 g/mol. The molecule has 0 saturated carbocycles. The number of hydrogen-bond acceptors (Lipinski definition) is 3. The van der Waals surface area contributed by atoms with Crippen LogP contribution in [0.25, 0.3) is 5.52 Å². The van der Waals surface area contributed by atoms with Gasteiger partial charge in [-0.25, -0.2) is 4.98 Å². The molecule has 2 aromatic rings. The number of nitrogens with two attached hydrogens (primary N) is 1. The van der Waals surface area contributed by atoms with Crippen molar-refractivity contribution in [3.05, 3.63) is 35.9 Å². The second-order valence-corrected chi connectivity index (χ2v) is 3.29. The minimum atomic E-state index is -0.632. The summed E-state index contributed by atoms with van der Waals surface area (Å²) in [5, 5.41) is 9.66. The Morgan fingerprint density at radius 1 is 1.57 bits per heavy atom. The van der Waals surface area contributed by atoms with Gasteiger partial charge in [-0.2, -0.15) is 0 Å². The average molecular weight is 191 g/mol. The van der Waals surface area contributed by atoms with Crippen LogP contribution in [-0.2, 0) is 0 Å². The van der Waals surface area contributed by atoms with E-state index in [9.17, 15) is 5.11 Å².